The fourth-order valence-electron chi connectivity index (χ4n) is 1.56. The molecule has 1 saturated carbocycles. The minimum Gasteiger partial charge on any atom is -0.324 e. The van der Waals surface area contributed by atoms with Gasteiger partial charge in [-0.05, 0) is 24.8 Å². The van der Waals surface area contributed by atoms with E-state index in [1.807, 2.05) is 6.07 Å². The van der Waals surface area contributed by atoms with Crippen LogP contribution in [0.4, 0.5) is 0 Å². The third-order valence-corrected chi connectivity index (χ3v) is 3.60. The molecule has 1 fully saturated rings. The van der Waals surface area contributed by atoms with E-state index in [-0.39, 0.29) is 5.56 Å². The van der Waals surface area contributed by atoms with Crippen molar-refractivity contribution in [3.63, 3.8) is 0 Å². The molecule has 3 nitrogen and oxygen atoms in total. The summed E-state index contributed by atoms with van der Waals surface area (Å²) in [6, 6.07) is 2.03. The zero-order chi connectivity index (χ0) is 9.71. The Kier molecular flexibility index (Phi) is 1.72. The predicted octanol–water partition coefficient (Wildman–Crippen LogP) is 2.15. The van der Waals surface area contributed by atoms with E-state index in [4.69, 9.17) is 0 Å². The van der Waals surface area contributed by atoms with Crippen molar-refractivity contribution < 1.29 is 0 Å². The van der Waals surface area contributed by atoms with Gasteiger partial charge in [-0.25, -0.2) is 4.98 Å². The molecule has 0 spiro atoms. The summed E-state index contributed by atoms with van der Waals surface area (Å²) in [6.45, 7) is 0. The number of aromatic amines is 1. The molecule has 0 bridgehead atoms. The number of hydrogen-bond acceptors (Lipinski definition) is 4. The van der Waals surface area contributed by atoms with Gasteiger partial charge in [-0.2, -0.15) is 0 Å². The van der Waals surface area contributed by atoms with Gasteiger partial charge in [-0.1, -0.05) is 0 Å². The van der Waals surface area contributed by atoms with E-state index in [1.54, 1.807) is 0 Å². The Balaban J connectivity index is 2.32. The van der Waals surface area contributed by atoms with Gasteiger partial charge < -0.3 is 4.98 Å². The van der Waals surface area contributed by atoms with Crippen LogP contribution < -0.4 is 5.56 Å². The molecule has 5 heteroatoms. The van der Waals surface area contributed by atoms with Crippen LogP contribution in [0, 0.1) is 0 Å². The number of nitrogens with zero attached hydrogens (tertiary/aromatic N) is 1. The maximum atomic E-state index is 11.6. The van der Waals surface area contributed by atoms with Crippen molar-refractivity contribution in [1.82, 2.24) is 9.97 Å². The minimum atomic E-state index is -0.0825. The molecule has 72 valence electrons. The average molecular weight is 224 g/mol. The second kappa shape index (κ2) is 2.84. The average Bonchev–Trinajstić information content (AvgIpc) is 2.89. The molecule has 2 heterocycles. The summed E-state index contributed by atoms with van der Waals surface area (Å²) in [4.78, 5) is 18.6. The van der Waals surface area contributed by atoms with E-state index in [1.165, 1.54) is 24.2 Å². The maximum absolute atomic E-state index is 11.6. The lowest BCUT2D eigenvalue weighted by atomic mass is 10.2. The molecule has 0 atom stereocenters. The summed E-state index contributed by atoms with van der Waals surface area (Å²) < 4.78 is 1.60. The Bertz CT molecular complexity index is 553. The molecule has 0 unspecified atom stereocenters. The monoisotopic (exact) mass is 224 g/mol. The SMILES string of the molecule is O=c1[nH]c(C2CC2)cc2sc(S)nc12. The van der Waals surface area contributed by atoms with Crippen LogP contribution >= 0.6 is 24.0 Å². The van der Waals surface area contributed by atoms with Crippen molar-refractivity contribution in [2.75, 3.05) is 0 Å². The molecule has 1 aliphatic rings. The molecule has 0 aliphatic heterocycles. The summed E-state index contributed by atoms with van der Waals surface area (Å²) in [5.41, 5.74) is 1.49. The lowest BCUT2D eigenvalue weighted by Gasteiger charge is -1.96. The van der Waals surface area contributed by atoms with E-state index in [9.17, 15) is 4.79 Å². The first-order chi connectivity index (χ1) is 6.74. The first-order valence-corrected chi connectivity index (χ1v) is 5.73. The topological polar surface area (TPSA) is 45.8 Å². The maximum Gasteiger partial charge on any atom is 0.275 e. The quantitative estimate of drug-likeness (QED) is 0.729. The van der Waals surface area contributed by atoms with Gasteiger partial charge in [-0.3, -0.25) is 4.79 Å². The molecule has 0 aromatic carbocycles. The van der Waals surface area contributed by atoms with Crippen molar-refractivity contribution in [1.29, 1.82) is 0 Å². The van der Waals surface area contributed by atoms with E-state index in [2.05, 4.69) is 22.6 Å². The molecule has 3 rings (SSSR count). The molecule has 2 aromatic rings. The van der Waals surface area contributed by atoms with Gasteiger partial charge >= 0.3 is 0 Å². The highest BCUT2D eigenvalue weighted by Gasteiger charge is 2.25. The van der Waals surface area contributed by atoms with E-state index >= 15 is 0 Å². The Hall–Kier alpha value is -0.810. The van der Waals surface area contributed by atoms with Crippen LogP contribution in [-0.4, -0.2) is 9.97 Å². The number of thiol groups is 1. The van der Waals surface area contributed by atoms with Crippen LogP contribution in [-0.2, 0) is 0 Å². The summed E-state index contributed by atoms with van der Waals surface area (Å²) in [5, 5.41) is 0. The van der Waals surface area contributed by atoms with Crippen molar-refractivity contribution in [3.8, 4) is 0 Å². The first kappa shape index (κ1) is 8.49. The number of H-pyrrole nitrogens is 1. The largest absolute Gasteiger partial charge is 0.324 e. The van der Waals surface area contributed by atoms with Gasteiger partial charge in [0, 0.05) is 5.69 Å². The number of thiazole rings is 1. The molecule has 1 N–H and O–H groups in total. The number of pyridine rings is 1. The minimum absolute atomic E-state index is 0.0825. The third kappa shape index (κ3) is 1.27. The van der Waals surface area contributed by atoms with Crippen LogP contribution in [0.1, 0.15) is 24.5 Å². The van der Waals surface area contributed by atoms with Crippen LogP contribution in [0.3, 0.4) is 0 Å². The molecule has 0 amide bonds. The van der Waals surface area contributed by atoms with Gasteiger partial charge in [0.05, 0.1) is 4.70 Å². The Morgan fingerprint density at radius 1 is 1.57 bits per heavy atom. The van der Waals surface area contributed by atoms with Crippen molar-refractivity contribution in [2.24, 2.45) is 0 Å². The zero-order valence-electron chi connectivity index (χ0n) is 7.28. The third-order valence-electron chi connectivity index (χ3n) is 2.42. The molecule has 0 radical (unpaired) electrons. The van der Waals surface area contributed by atoms with Gasteiger partial charge in [0.1, 0.15) is 9.86 Å². The highest BCUT2D eigenvalue weighted by Crippen LogP contribution is 2.39. The molecule has 1 aliphatic carbocycles. The smallest absolute Gasteiger partial charge is 0.275 e. The zero-order valence-corrected chi connectivity index (χ0v) is 8.99. The molecule has 0 saturated heterocycles. The molecular weight excluding hydrogens is 216 g/mol. The second-order valence-electron chi connectivity index (χ2n) is 3.54. The van der Waals surface area contributed by atoms with Gasteiger partial charge in [0.25, 0.3) is 5.56 Å². The summed E-state index contributed by atoms with van der Waals surface area (Å²) in [7, 11) is 0. The normalized spacial score (nSPS) is 16.4. The summed E-state index contributed by atoms with van der Waals surface area (Å²) in [5.74, 6) is 0.567. The van der Waals surface area contributed by atoms with Crippen LogP contribution in [0.5, 0.6) is 0 Å². The van der Waals surface area contributed by atoms with Gasteiger partial charge in [-0.15, -0.1) is 24.0 Å². The Morgan fingerprint density at radius 3 is 3.07 bits per heavy atom. The number of nitrogens with one attached hydrogen (secondary N) is 1. The van der Waals surface area contributed by atoms with E-state index in [0.717, 1.165) is 10.4 Å². The van der Waals surface area contributed by atoms with Crippen LogP contribution in [0.25, 0.3) is 10.2 Å². The van der Waals surface area contributed by atoms with Crippen molar-refractivity contribution >= 4 is 34.2 Å². The molecule has 2 aromatic heterocycles. The fourth-order valence-corrected chi connectivity index (χ4v) is 2.71. The number of rotatable bonds is 1. The second-order valence-corrected chi connectivity index (χ2v) is 5.29. The Labute approximate surface area is 89.6 Å². The molecule has 14 heavy (non-hydrogen) atoms. The van der Waals surface area contributed by atoms with Gasteiger partial charge in [0.15, 0.2) is 0 Å². The van der Waals surface area contributed by atoms with Crippen LogP contribution in [0.15, 0.2) is 15.2 Å². The lowest BCUT2D eigenvalue weighted by molar-refractivity contribution is 1.01. The Morgan fingerprint density at radius 2 is 2.36 bits per heavy atom. The first-order valence-electron chi connectivity index (χ1n) is 4.47. The fraction of sp³-hybridized carbons (Fsp3) is 0.333. The highest BCUT2D eigenvalue weighted by molar-refractivity contribution is 7.82. The highest BCUT2D eigenvalue weighted by atomic mass is 32.2. The lowest BCUT2D eigenvalue weighted by Crippen LogP contribution is -2.08. The van der Waals surface area contributed by atoms with Gasteiger partial charge in [0.2, 0.25) is 0 Å². The predicted molar refractivity (Wildman–Crippen MR) is 59.5 cm³/mol. The van der Waals surface area contributed by atoms with E-state index in [0.29, 0.717) is 15.8 Å². The number of aromatic nitrogens is 2. The van der Waals surface area contributed by atoms with Crippen molar-refractivity contribution in [2.45, 2.75) is 23.1 Å². The van der Waals surface area contributed by atoms with Crippen LogP contribution in [0.2, 0.25) is 0 Å². The number of hydrogen-bond donors (Lipinski definition) is 2. The van der Waals surface area contributed by atoms with E-state index < -0.39 is 0 Å². The van der Waals surface area contributed by atoms with Crippen molar-refractivity contribution in [3.05, 3.63) is 22.1 Å². The summed E-state index contributed by atoms with van der Waals surface area (Å²) >= 11 is 5.61. The standard InChI is InChI=1S/C9H8N2OS2/c12-8-7-6(14-9(13)11-7)3-5(10-8)4-1-2-4/h3-4H,1-2H2,(H,10,12)(H,11,13). The number of fused-ring (bicyclic) bond motifs is 1. The summed E-state index contributed by atoms with van der Waals surface area (Å²) in [6.07, 6.45) is 2.38. The molecular formula is C9H8N2OS2.